The summed E-state index contributed by atoms with van der Waals surface area (Å²) in [7, 11) is 0. The molecule has 1 rings (SSSR count). The van der Waals surface area contributed by atoms with Crippen LogP contribution in [0, 0.1) is 0 Å². The van der Waals surface area contributed by atoms with Gasteiger partial charge in [0.25, 0.3) is 5.91 Å². The molecule has 6 nitrogen and oxygen atoms in total. The predicted molar refractivity (Wildman–Crippen MR) is 72.1 cm³/mol. The van der Waals surface area contributed by atoms with Crippen LogP contribution in [0.5, 0.6) is 5.75 Å². The summed E-state index contributed by atoms with van der Waals surface area (Å²) in [5, 5.41) is 11.5. The van der Waals surface area contributed by atoms with Crippen molar-refractivity contribution >= 4 is 11.9 Å². The normalized spacial score (nSPS) is 9.90. The second-order valence-electron chi connectivity index (χ2n) is 4.00. The average molecular weight is 281 g/mol. The number of carbonyl (C=O) groups is 2. The van der Waals surface area contributed by atoms with Crippen molar-refractivity contribution in [2.75, 3.05) is 19.8 Å². The summed E-state index contributed by atoms with van der Waals surface area (Å²) in [6.07, 6.45) is 0.138. The molecule has 2 N–H and O–H groups in total. The van der Waals surface area contributed by atoms with Gasteiger partial charge < -0.3 is 19.9 Å². The summed E-state index contributed by atoms with van der Waals surface area (Å²) in [6, 6.07) is 6.85. The monoisotopic (exact) mass is 281 g/mol. The number of amides is 1. The number of rotatable bonds is 8. The largest absolute Gasteiger partial charge is 0.484 e. The Morgan fingerprint density at radius 1 is 1.35 bits per heavy atom. The van der Waals surface area contributed by atoms with Gasteiger partial charge in [-0.25, -0.2) is 0 Å². The zero-order valence-electron chi connectivity index (χ0n) is 11.4. The van der Waals surface area contributed by atoms with Crippen molar-refractivity contribution in [1.82, 2.24) is 5.32 Å². The second kappa shape index (κ2) is 8.92. The van der Waals surface area contributed by atoms with E-state index in [1.165, 1.54) is 0 Å². The fourth-order valence-corrected chi connectivity index (χ4v) is 1.47. The molecule has 1 aromatic rings. The molecule has 6 heteroatoms. The number of nitrogens with one attached hydrogen (secondary N) is 1. The van der Waals surface area contributed by atoms with E-state index in [9.17, 15) is 9.59 Å². The number of esters is 1. The summed E-state index contributed by atoms with van der Waals surface area (Å²) in [4.78, 5) is 22.5. The molecule has 1 aromatic carbocycles. The van der Waals surface area contributed by atoms with Gasteiger partial charge in [-0.1, -0.05) is 12.1 Å². The third kappa shape index (κ3) is 6.19. The number of aliphatic hydroxyl groups excluding tert-OH is 1. The summed E-state index contributed by atoms with van der Waals surface area (Å²) in [5.41, 5.74) is 0.713. The highest BCUT2D eigenvalue weighted by Gasteiger charge is 2.05. The zero-order valence-corrected chi connectivity index (χ0v) is 11.4. The lowest BCUT2D eigenvalue weighted by Crippen LogP contribution is -2.31. The van der Waals surface area contributed by atoms with Gasteiger partial charge in [-0.05, 0) is 24.6 Å². The van der Waals surface area contributed by atoms with Crippen LogP contribution >= 0.6 is 0 Å². The number of carbonyl (C=O) groups excluding carboxylic acids is 2. The molecule has 0 aromatic heterocycles. The van der Waals surface area contributed by atoms with Crippen LogP contribution in [0.4, 0.5) is 0 Å². The molecule has 0 atom stereocenters. The van der Waals surface area contributed by atoms with Gasteiger partial charge in [0.05, 0.1) is 19.6 Å². The van der Waals surface area contributed by atoms with E-state index in [1.807, 2.05) is 0 Å². The Morgan fingerprint density at radius 2 is 2.15 bits per heavy atom. The third-order valence-electron chi connectivity index (χ3n) is 2.41. The fraction of sp³-hybridized carbons (Fsp3) is 0.429. The highest BCUT2D eigenvalue weighted by Crippen LogP contribution is 2.12. The van der Waals surface area contributed by atoms with Gasteiger partial charge in [0.1, 0.15) is 5.75 Å². The first-order valence-corrected chi connectivity index (χ1v) is 6.40. The van der Waals surface area contributed by atoms with Crippen molar-refractivity contribution < 1.29 is 24.2 Å². The molecule has 0 saturated carbocycles. The molecule has 0 aliphatic carbocycles. The van der Waals surface area contributed by atoms with Crippen molar-refractivity contribution in [3.05, 3.63) is 29.8 Å². The lowest BCUT2D eigenvalue weighted by molar-refractivity contribution is -0.143. The van der Waals surface area contributed by atoms with E-state index in [0.29, 0.717) is 17.9 Å². The molecule has 0 fully saturated rings. The first-order chi connectivity index (χ1) is 9.65. The molecule has 0 spiro atoms. The van der Waals surface area contributed by atoms with E-state index in [0.717, 1.165) is 0 Å². The smallest absolute Gasteiger partial charge is 0.307 e. The molecule has 1 amide bonds. The van der Waals surface area contributed by atoms with Crippen molar-refractivity contribution in [2.24, 2.45) is 0 Å². The van der Waals surface area contributed by atoms with Crippen LogP contribution in [0.2, 0.25) is 0 Å². The van der Waals surface area contributed by atoms with Crippen molar-refractivity contribution in [2.45, 2.75) is 20.0 Å². The van der Waals surface area contributed by atoms with E-state index in [2.05, 4.69) is 5.32 Å². The first kappa shape index (κ1) is 16.0. The molecule has 110 valence electrons. The van der Waals surface area contributed by atoms with Crippen LogP contribution in [0.15, 0.2) is 24.3 Å². The van der Waals surface area contributed by atoms with Gasteiger partial charge in [0.15, 0.2) is 6.61 Å². The zero-order chi connectivity index (χ0) is 14.8. The van der Waals surface area contributed by atoms with E-state index < -0.39 is 0 Å². The van der Waals surface area contributed by atoms with Crippen molar-refractivity contribution in [3.8, 4) is 5.75 Å². The Balaban J connectivity index is 2.24. The van der Waals surface area contributed by atoms with Gasteiger partial charge in [0, 0.05) is 6.54 Å². The lowest BCUT2D eigenvalue weighted by atomic mass is 10.2. The van der Waals surface area contributed by atoms with Gasteiger partial charge in [-0.15, -0.1) is 0 Å². The second-order valence-corrected chi connectivity index (χ2v) is 4.00. The van der Waals surface area contributed by atoms with Crippen LogP contribution in [0.25, 0.3) is 0 Å². The van der Waals surface area contributed by atoms with Crippen molar-refractivity contribution in [1.29, 1.82) is 0 Å². The molecule has 0 saturated heterocycles. The Kier molecular flexibility index (Phi) is 7.13. The summed E-state index contributed by atoms with van der Waals surface area (Å²) >= 11 is 0. The standard InChI is InChI=1S/C14H19NO5/c1-2-19-14(18)6-7-15-13(17)10-20-12-5-3-4-11(8-12)9-16/h3-5,8,16H,2,6-7,9-10H2,1H3,(H,15,17). The minimum atomic E-state index is -0.343. The molecular formula is C14H19NO5. The number of aliphatic hydroxyl groups is 1. The highest BCUT2D eigenvalue weighted by molar-refractivity contribution is 5.78. The Labute approximate surface area is 117 Å². The van der Waals surface area contributed by atoms with E-state index in [-0.39, 0.29) is 38.1 Å². The SMILES string of the molecule is CCOC(=O)CCNC(=O)COc1cccc(CO)c1. The minimum Gasteiger partial charge on any atom is -0.484 e. The van der Waals surface area contributed by atoms with E-state index in [4.69, 9.17) is 14.6 Å². The Hall–Kier alpha value is -2.08. The van der Waals surface area contributed by atoms with Gasteiger partial charge in [0.2, 0.25) is 0 Å². The number of hydrogen-bond acceptors (Lipinski definition) is 5. The van der Waals surface area contributed by atoms with Crippen LogP contribution in [0.1, 0.15) is 18.9 Å². The molecule has 0 unspecified atom stereocenters. The van der Waals surface area contributed by atoms with Crippen LogP contribution in [0.3, 0.4) is 0 Å². The maximum Gasteiger partial charge on any atom is 0.307 e. The Bertz CT molecular complexity index is 447. The minimum absolute atomic E-state index is 0.0804. The Morgan fingerprint density at radius 3 is 2.85 bits per heavy atom. The van der Waals surface area contributed by atoms with Crippen LogP contribution < -0.4 is 10.1 Å². The van der Waals surface area contributed by atoms with Gasteiger partial charge >= 0.3 is 5.97 Å². The van der Waals surface area contributed by atoms with E-state index >= 15 is 0 Å². The predicted octanol–water partition coefficient (Wildman–Crippen LogP) is 0.627. The number of ether oxygens (including phenoxy) is 2. The number of hydrogen-bond donors (Lipinski definition) is 2. The topological polar surface area (TPSA) is 84.9 Å². The lowest BCUT2D eigenvalue weighted by Gasteiger charge is -2.08. The van der Waals surface area contributed by atoms with Crippen molar-refractivity contribution in [3.63, 3.8) is 0 Å². The third-order valence-corrected chi connectivity index (χ3v) is 2.41. The molecule has 0 bridgehead atoms. The maximum atomic E-state index is 11.5. The van der Waals surface area contributed by atoms with Gasteiger partial charge in [-0.3, -0.25) is 9.59 Å². The van der Waals surface area contributed by atoms with Gasteiger partial charge in [-0.2, -0.15) is 0 Å². The fourth-order valence-electron chi connectivity index (χ4n) is 1.47. The number of benzene rings is 1. The molecular weight excluding hydrogens is 262 g/mol. The molecule has 0 radical (unpaired) electrons. The molecule has 0 aliphatic heterocycles. The quantitative estimate of drug-likeness (QED) is 0.683. The van der Waals surface area contributed by atoms with E-state index in [1.54, 1.807) is 31.2 Å². The summed E-state index contributed by atoms with van der Waals surface area (Å²) in [6.45, 7) is 2.06. The van der Waals surface area contributed by atoms with Crippen LogP contribution in [-0.4, -0.2) is 36.7 Å². The summed E-state index contributed by atoms with van der Waals surface area (Å²) < 4.78 is 10.0. The highest BCUT2D eigenvalue weighted by atomic mass is 16.5. The molecule has 0 heterocycles. The average Bonchev–Trinajstić information content (AvgIpc) is 2.45. The summed E-state index contributed by atoms with van der Waals surface area (Å²) in [5.74, 6) is -0.148. The maximum absolute atomic E-state index is 11.5. The molecule has 0 aliphatic rings. The first-order valence-electron chi connectivity index (χ1n) is 6.40. The van der Waals surface area contributed by atoms with Crippen LogP contribution in [-0.2, 0) is 20.9 Å². The molecule has 20 heavy (non-hydrogen) atoms.